The molecular weight excluding hydrogens is 314 g/mol. The van der Waals surface area contributed by atoms with Gasteiger partial charge in [-0.15, -0.1) is 0 Å². The molecule has 0 atom stereocenters. The molecule has 0 spiro atoms. The Balaban J connectivity index is 1.63. The number of rotatable bonds is 8. The third-order valence-electron chi connectivity index (χ3n) is 3.36. The van der Waals surface area contributed by atoms with E-state index in [4.69, 9.17) is 9.47 Å². The van der Waals surface area contributed by atoms with Crippen molar-refractivity contribution in [1.82, 2.24) is 5.32 Å². The molecule has 0 aliphatic rings. The number of carbonyl (C=O) groups is 1. The lowest BCUT2D eigenvalue weighted by Gasteiger charge is -2.09. The molecular formula is C21H25NO3. The summed E-state index contributed by atoms with van der Waals surface area (Å²) in [5.74, 6) is 0.870. The van der Waals surface area contributed by atoms with Crippen LogP contribution in [0.1, 0.15) is 31.4 Å². The van der Waals surface area contributed by atoms with Crippen molar-refractivity contribution in [2.75, 3.05) is 6.54 Å². The van der Waals surface area contributed by atoms with Crippen LogP contribution in [-0.2, 0) is 11.3 Å². The molecule has 2 rings (SSSR count). The van der Waals surface area contributed by atoms with E-state index in [9.17, 15) is 4.79 Å². The Hall–Kier alpha value is -2.75. The minimum atomic E-state index is -0.396. The van der Waals surface area contributed by atoms with E-state index in [1.165, 1.54) is 0 Å². The number of hydrogen-bond donors (Lipinski definition) is 1. The Bertz CT molecular complexity index is 663. The average molecular weight is 339 g/mol. The van der Waals surface area contributed by atoms with Gasteiger partial charge < -0.3 is 14.8 Å². The van der Waals surface area contributed by atoms with Gasteiger partial charge in [0.05, 0.1) is 6.10 Å². The molecule has 4 nitrogen and oxygen atoms in total. The number of carbonyl (C=O) groups excluding carboxylic acids is 1. The fourth-order valence-corrected chi connectivity index (χ4v) is 2.18. The predicted octanol–water partition coefficient (Wildman–Crippen LogP) is 4.80. The van der Waals surface area contributed by atoms with Crippen LogP contribution in [-0.4, -0.2) is 18.7 Å². The fourth-order valence-electron chi connectivity index (χ4n) is 2.18. The van der Waals surface area contributed by atoms with E-state index in [1.54, 1.807) is 0 Å². The van der Waals surface area contributed by atoms with Crippen molar-refractivity contribution in [2.24, 2.45) is 0 Å². The van der Waals surface area contributed by atoms with E-state index >= 15 is 0 Å². The van der Waals surface area contributed by atoms with Crippen molar-refractivity contribution in [3.8, 4) is 5.75 Å². The maximum Gasteiger partial charge on any atom is 0.407 e. The summed E-state index contributed by atoms with van der Waals surface area (Å²) in [7, 11) is 0. The van der Waals surface area contributed by atoms with Gasteiger partial charge in [0.1, 0.15) is 12.4 Å². The minimum Gasteiger partial charge on any atom is -0.491 e. The molecule has 0 aliphatic carbocycles. The zero-order chi connectivity index (χ0) is 17.9. The fraction of sp³-hybridized carbons (Fsp3) is 0.286. The highest BCUT2D eigenvalue weighted by Gasteiger charge is 2.00. The zero-order valence-electron chi connectivity index (χ0n) is 14.8. The summed E-state index contributed by atoms with van der Waals surface area (Å²) in [5, 5.41) is 2.74. The molecule has 1 amide bonds. The first kappa shape index (κ1) is 18.6. The van der Waals surface area contributed by atoms with Gasteiger partial charge in [-0.05, 0) is 43.5 Å². The smallest absolute Gasteiger partial charge is 0.407 e. The average Bonchev–Trinajstić information content (AvgIpc) is 2.61. The molecule has 0 radical (unpaired) electrons. The van der Waals surface area contributed by atoms with Crippen LogP contribution in [0.2, 0.25) is 0 Å². The second kappa shape index (κ2) is 10.2. The van der Waals surface area contributed by atoms with E-state index in [2.05, 4.69) is 5.32 Å². The monoisotopic (exact) mass is 339 g/mol. The van der Waals surface area contributed by atoms with E-state index in [0.29, 0.717) is 6.54 Å². The van der Waals surface area contributed by atoms with Crippen LogP contribution in [0, 0.1) is 0 Å². The molecule has 0 saturated heterocycles. The maximum absolute atomic E-state index is 11.6. The van der Waals surface area contributed by atoms with Gasteiger partial charge in [-0.25, -0.2) is 4.79 Å². The lowest BCUT2D eigenvalue weighted by molar-refractivity contribution is 0.140. The van der Waals surface area contributed by atoms with Crippen LogP contribution < -0.4 is 10.1 Å². The lowest BCUT2D eigenvalue weighted by Crippen LogP contribution is -2.24. The number of amides is 1. The van der Waals surface area contributed by atoms with Crippen LogP contribution in [0.5, 0.6) is 5.75 Å². The standard InChI is InChI=1S/C21H25NO3/c1-17(2)25-20-13-11-18(12-14-20)8-6-7-15-22-21(23)24-16-19-9-4-3-5-10-19/h3-6,8-14,17H,7,15-16H2,1-2H3,(H,22,23). The summed E-state index contributed by atoms with van der Waals surface area (Å²) >= 11 is 0. The second-order valence-corrected chi connectivity index (χ2v) is 5.92. The molecule has 0 aliphatic heterocycles. The first-order valence-corrected chi connectivity index (χ1v) is 8.51. The van der Waals surface area contributed by atoms with Crippen molar-refractivity contribution in [1.29, 1.82) is 0 Å². The Kier molecular flexibility index (Phi) is 7.57. The molecule has 0 heterocycles. The summed E-state index contributed by atoms with van der Waals surface area (Å²) in [6.07, 6.45) is 4.57. The van der Waals surface area contributed by atoms with E-state index < -0.39 is 6.09 Å². The maximum atomic E-state index is 11.6. The number of hydrogen-bond acceptors (Lipinski definition) is 3. The normalized spacial score (nSPS) is 10.8. The van der Waals surface area contributed by atoms with Gasteiger partial charge in [0.15, 0.2) is 0 Å². The van der Waals surface area contributed by atoms with Gasteiger partial charge in [0, 0.05) is 6.54 Å². The van der Waals surface area contributed by atoms with Crippen molar-refractivity contribution in [3.63, 3.8) is 0 Å². The summed E-state index contributed by atoms with van der Waals surface area (Å²) in [4.78, 5) is 11.6. The van der Waals surface area contributed by atoms with Crippen LogP contribution >= 0.6 is 0 Å². The zero-order valence-corrected chi connectivity index (χ0v) is 14.8. The largest absolute Gasteiger partial charge is 0.491 e. The van der Waals surface area contributed by atoms with Crippen LogP contribution in [0.3, 0.4) is 0 Å². The van der Waals surface area contributed by atoms with Crippen molar-refractivity contribution < 1.29 is 14.3 Å². The first-order valence-electron chi connectivity index (χ1n) is 8.51. The highest BCUT2D eigenvalue weighted by Crippen LogP contribution is 2.14. The summed E-state index contributed by atoms with van der Waals surface area (Å²) in [5.41, 5.74) is 2.07. The summed E-state index contributed by atoms with van der Waals surface area (Å²) in [6, 6.07) is 17.6. The molecule has 0 unspecified atom stereocenters. The summed E-state index contributed by atoms with van der Waals surface area (Å²) < 4.78 is 10.8. The second-order valence-electron chi connectivity index (χ2n) is 5.92. The van der Waals surface area contributed by atoms with Gasteiger partial charge in [-0.1, -0.05) is 54.6 Å². The number of ether oxygens (including phenoxy) is 2. The number of nitrogens with one attached hydrogen (secondary N) is 1. The van der Waals surface area contributed by atoms with Crippen LogP contribution in [0.25, 0.3) is 6.08 Å². The Morgan fingerprint density at radius 3 is 2.48 bits per heavy atom. The van der Waals surface area contributed by atoms with Crippen molar-refractivity contribution >= 4 is 12.2 Å². The topological polar surface area (TPSA) is 47.6 Å². The van der Waals surface area contributed by atoms with Gasteiger partial charge in [0.2, 0.25) is 0 Å². The van der Waals surface area contributed by atoms with Crippen molar-refractivity contribution in [2.45, 2.75) is 33.0 Å². The minimum absolute atomic E-state index is 0.175. The quantitative estimate of drug-likeness (QED) is 0.703. The van der Waals surface area contributed by atoms with Gasteiger partial charge in [-0.2, -0.15) is 0 Å². The van der Waals surface area contributed by atoms with Gasteiger partial charge >= 0.3 is 6.09 Å². The Morgan fingerprint density at radius 1 is 1.08 bits per heavy atom. The Morgan fingerprint density at radius 2 is 1.80 bits per heavy atom. The predicted molar refractivity (Wildman–Crippen MR) is 100 cm³/mol. The van der Waals surface area contributed by atoms with Crippen LogP contribution in [0.4, 0.5) is 4.79 Å². The highest BCUT2D eigenvalue weighted by atomic mass is 16.5. The Labute approximate surface area is 149 Å². The van der Waals surface area contributed by atoms with Gasteiger partial charge in [0.25, 0.3) is 0 Å². The number of alkyl carbamates (subject to hydrolysis) is 1. The molecule has 2 aromatic carbocycles. The van der Waals surface area contributed by atoms with E-state index in [1.807, 2.05) is 80.6 Å². The third-order valence-corrected chi connectivity index (χ3v) is 3.36. The van der Waals surface area contributed by atoms with E-state index in [0.717, 1.165) is 23.3 Å². The van der Waals surface area contributed by atoms with Gasteiger partial charge in [-0.3, -0.25) is 0 Å². The van der Waals surface area contributed by atoms with E-state index in [-0.39, 0.29) is 12.7 Å². The first-order chi connectivity index (χ1) is 12.1. The summed E-state index contributed by atoms with van der Waals surface area (Å²) in [6.45, 7) is 4.84. The molecule has 1 N–H and O–H groups in total. The molecule has 0 fully saturated rings. The third kappa shape index (κ3) is 7.57. The van der Waals surface area contributed by atoms with Crippen molar-refractivity contribution in [3.05, 3.63) is 71.8 Å². The molecule has 2 aromatic rings. The molecule has 0 aromatic heterocycles. The molecule has 0 bridgehead atoms. The number of benzene rings is 2. The molecule has 0 saturated carbocycles. The molecule has 25 heavy (non-hydrogen) atoms. The molecule has 132 valence electrons. The molecule has 4 heteroatoms. The van der Waals surface area contributed by atoms with Crippen LogP contribution in [0.15, 0.2) is 60.7 Å². The SMILES string of the molecule is CC(C)Oc1ccc(C=CCCNC(=O)OCc2ccccc2)cc1. The highest BCUT2D eigenvalue weighted by molar-refractivity contribution is 5.67. The lowest BCUT2D eigenvalue weighted by atomic mass is 10.2.